The van der Waals surface area contributed by atoms with Crippen molar-refractivity contribution in [2.24, 2.45) is 0 Å². The Hall–Kier alpha value is -1.46. The van der Waals surface area contributed by atoms with Crippen molar-refractivity contribution in [1.29, 1.82) is 0 Å². The van der Waals surface area contributed by atoms with Crippen molar-refractivity contribution in [2.45, 2.75) is 6.92 Å². The van der Waals surface area contributed by atoms with Gasteiger partial charge in [-0.1, -0.05) is 34.1 Å². The van der Waals surface area contributed by atoms with Crippen LogP contribution in [-0.2, 0) is 0 Å². The quantitative estimate of drug-likeness (QED) is 0.595. The Morgan fingerprint density at radius 3 is 2.45 bits per heavy atom. The zero-order chi connectivity index (χ0) is 14.1. The van der Waals surface area contributed by atoms with Crippen LogP contribution in [0.1, 0.15) is 5.69 Å². The van der Waals surface area contributed by atoms with Crippen molar-refractivity contribution >= 4 is 42.6 Å². The predicted molar refractivity (Wildman–Crippen MR) is 86.2 cm³/mol. The van der Waals surface area contributed by atoms with E-state index in [0.717, 1.165) is 25.4 Å². The summed E-state index contributed by atoms with van der Waals surface area (Å²) in [5.74, 6) is 1.21. The van der Waals surface area contributed by atoms with Gasteiger partial charge in [-0.2, -0.15) is 5.10 Å². The molecule has 0 bridgehead atoms. The van der Waals surface area contributed by atoms with Gasteiger partial charge in [0.25, 0.3) is 0 Å². The van der Waals surface area contributed by atoms with Crippen molar-refractivity contribution in [3.8, 4) is 11.6 Å². The van der Waals surface area contributed by atoms with E-state index in [4.69, 9.17) is 4.74 Å². The summed E-state index contributed by atoms with van der Waals surface area (Å²) in [5.41, 5.74) is 0.892. The lowest BCUT2D eigenvalue weighted by molar-refractivity contribution is 0.458. The van der Waals surface area contributed by atoms with Crippen molar-refractivity contribution in [1.82, 2.24) is 10.2 Å². The van der Waals surface area contributed by atoms with Gasteiger partial charge in [0.15, 0.2) is 0 Å². The number of aromatic nitrogens is 2. The minimum atomic E-state index is 0.509. The van der Waals surface area contributed by atoms with Gasteiger partial charge in [0.1, 0.15) is 5.75 Å². The van der Waals surface area contributed by atoms with Gasteiger partial charge in [-0.15, -0.1) is 5.10 Å². The normalized spacial score (nSPS) is 10.8. The molecule has 100 valence electrons. The molecule has 0 saturated heterocycles. The lowest BCUT2D eigenvalue weighted by atomic mass is 10.1. The van der Waals surface area contributed by atoms with Gasteiger partial charge >= 0.3 is 0 Å². The van der Waals surface area contributed by atoms with E-state index in [9.17, 15) is 0 Å². The third-order valence-corrected chi connectivity index (χ3v) is 4.05. The van der Waals surface area contributed by atoms with Crippen LogP contribution in [0.25, 0.3) is 10.8 Å². The first-order valence-electron chi connectivity index (χ1n) is 6.00. The molecule has 3 rings (SSSR count). The second-order valence-corrected chi connectivity index (χ2v) is 6.08. The summed E-state index contributed by atoms with van der Waals surface area (Å²) in [6.07, 6.45) is 0. The number of aryl methyl sites for hydroxylation is 1. The largest absolute Gasteiger partial charge is 0.436 e. The summed E-state index contributed by atoms with van der Waals surface area (Å²) >= 11 is 6.90. The Morgan fingerprint density at radius 2 is 1.70 bits per heavy atom. The highest BCUT2D eigenvalue weighted by Gasteiger charge is 2.10. The number of rotatable bonds is 2. The van der Waals surface area contributed by atoms with Crippen molar-refractivity contribution in [3.05, 3.63) is 57.1 Å². The summed E-state index contributed by atoms with van der Waals surface area (Å²) in [4.78, 5) is 0. The molecule has 0 spiro atoms. The molecule has 0 fully saturated rings. The monoisotopic (exact) mass is 392 g/mol. The van der Waals surface area contributed by atoms with Gasteiger partial charge in [-0.3, -0.25) is 0 Å². The van der Waals surface area contributed by atoms with Crippen LogP contribution in [0, 0.1) is 6.92 Å². The summed E-state index contributed by atoms with van der Waals surface area (Å²) < 4.78 is 7.73. The molecule has 1 aromatic heterocycles. The van der Waals surface area contributed by atoms with Gasteiger partial charge in [-0.05, 0) is 47.1 Å². The molecule has 0 saturated carbocycles. The summed E-state index contributed by atoms with van der Waals surface area (Å²) in [7, 11) is 0. The molecule has 0 unspecified atom stereocenters. The molecular formula is C15H10Br2N2O. The summed E-state index contributed by atoms with van der Waals surface area (Å²) in [6, 6.07) is 13.7. The van der Waals surface area contributed by atoms with E-state index < -0.39 is 0 Å². The van der Waals surface area contributed by atoms with E-state index in [0.29, 0.717) is 11.6 Å². The van der Waals surface area contributed by atoms with Crippen LogP contribution >= 0.6 is 31.9 Å². The van der Waals surface area contributed by atoms with E-state index >= 15 is 0 Å². The van der Waals surface area contributed by atoms with Crippen molar-refractivity contribution in [2.75, 3.05) is 0 Å². The highest BCUT2D eigenvalue weighted by molar-refractivity contribution is 9.11. The summed E-state index contributed by atoms with van der Waals surface area (Å²) in [5, 5.41) is 10.3. The second-order valence-electron chi connectivity index (χ2n) is 4.31. The molecule has 0 N–H and O–H groups in total. The number of fused-ring (bicyclic) bond motifs is 1. The number of nitrogens with zero attached hydrogens (tertiary/aromatic N) is 2. The third kappa shape index (κ3) is 2.55. The topological polar surface area (TPSA) is 35.0 Å². The van der Waals surface area contributed by atoms with Crippen LogP contribution in [0.5, 0.6) is 11.6 Å². The van der Waals surface area contributed by atoms with Crippen LogP contribution < -0.4 is 4.74 Å². The smallest absolute Gasteiger partial charge is 0.246 e. The van der Waals surface area contributed by atoms with Crippen LogP contribution in [0.3, 0.4) is 0 Å². The zero-order valence-electron chi connectivity index (χ0n) is 10.6. The Morgan fingerprint density at radius 1 is 0.950 bits per heavy atom. The Labute approximate surface area is 133 Å². The third-order valence-electron chi connectivity index (χ3n) is 2.94. The Kier molecular flexibility index (Phi) is 3.72. The average molecular weight is 394 g/mol. The van der Waals surface area contributed by atoms with E-state index in [-0.39, 0.29) is 0 Å². The maximum Gasteiger partial charge on any atom is 0.246 e. The van der Waals surface area contributed by atoms with Crippen molar-refractivity contribution in [3.63, 3.8) is 0 Å². The van der Waals surface area contributed by atoms with Crippen LogP contribution in [0.4, 0.5) is 0 Å². The van der Waals surface area contributed by atoms with E-state index in [1.807, 2.05) is 49.4 Å². The standard InChI is InChI=1S/C15H10Br2N2O/c1-9-11-4-2-3-5-12(11)15(19-18-9)20-14-7-6-10(16)8-13(14)17/h2-8H,1H3. The predicted octanol–water partition coefficient (Wildman–Crippen LogP) is 5.26. The number of hydrogen-bond acceptors (Lipinski definition) is 3. The SMILES string of the molecule is Cc1nnc(Oc2ccc(Br)cc2Br)c2ccccc12. The number of halogens is 2. The molecule has 1 heterocycles. The van der Waals surface area contributed by atoms with Gasteiger partial charge in [0, 0.05) is 15.2 Å². The Balaban J connectivity index is 2.09. The molecular weight excluding hydrogens is 384 g/mol. The van der Waals surface area contributed by atoms with Crippen molar-refractivity contribution < 1.29 is 4.74 Å². The van der Waals surface area contributed by atoms with E-state index in [1.54, 1.807) is 0 Å². The Bertz CT molecular complexity index is 790. The minimum Gasteiger partial charge on any atom is -0.436 e. The van der Waals surface area contributed by atoms with Crippen LogP contribution in [-0.4, -0.2) is 10.2 Å². The molecule has 0 amide bonds. The molecule has 0 aliphatic rings. The fourth-order valence-electron chi connectivity index (χ4n) is 1.95. The molecule has 0 radical (unpaired) electrons. The molecule has 0 aliphatic carbocycles. The highest BCUT2D eigenvalue weighted by Crippen LogP contribution is 2.34. The second kappa shape index (κ2) is 5.50. The van der Waals surface area contributed by atoms with E-state index in [1.165, 1.54) is 0 Å². The maximum atomic E-state index is 5.89. The average Bonchev–Trinajstić information content (AvgIpc) is 2.45. The number of ether oxygens (including phenoxy) is 1. The maximum absolute atomic E-state index is 5.89. The van der Waals surface area contributed by atoms with Gasteiger partial charge in [-0.25, -0.2) is 0 Å². The first-order chi connectivity index (χ1) is 9.65. The molecule has 5 heteroatoms. The fraction of sp³-hybridized carbons (Fsp3) is 0.0667. The molecule has 3 aromatic rings. The molecule has 0 atom stereocenters. The van der Waals surface area contributed by atoms with E-state index in [2.05, 4.69) is 42.1 Å². The lowest BCUT2D eigenvalue weighted by Crippen LogP contribution is -1.95. The minimum absolute atomic E-state index is 0.509. The van der Waals surface area contributed by atoms with Crippen LogP contribution in [0.15, 0.2) is 51.4 Å². The van der Waals surface area contributed by atoms with Crippen LogP contribution in [0.2, 0.25) is 0 Å². The van der Waals surface area contributed by atoms with Gasteiger partial charge in [0.2, 0.25) is 5.88 Å². The highest BCUT2D eigenvalue weighted by atomic mass is 79.9. The summed E-state index contributed by atoms with van der Waals surface area (Å²) in [6.45, 7) is 1.94. The molecule has 2 aromatic carbocycles. The first-order valence-corrected chi connectivity index (χ1v) is 7.58. The first kappa shape index (κ1) is 13.5. The number of benzene rings is 2. The molecule has 3 nitrogen and oxygen atoms in total. The van der Waals surface area contributed by atoms with Gasteiger partial charge in [0.05, 0.1) is 10.2 Å². The van der Waals surface area contributed by atoms with Gasteiger partial charge < -0.3 is 4.74 Å². The molecule has 0 aliphatic heterocycles. The fourth-order valence-corrected chi connectivity index (χ4v) is 3.08. The lowest BCUT2D eigenvalue weighted by Gasteiger charge is -2.10. The molecule has 20 heavy (non-hydrogen) atoms. The number of hydrogen-bond donors (Lipinski definition) is 0. The zero-order valence-corrected chi connectivity index (χ0v) is 13.8.